The second kappa shape index (κ2) is 10.1. The molecule has 4 rings (SSSR count). The van der Waals surface area contributed by atoms with Gasteiger partial charge in [0.15, 0.2) is 0 Å². The quantitative estimate of drug-likeness (QED) is 0.697. The largest absolute Gasteiger partial charge is 0.497 e. The van der Waals surface area contributed by atoms with E-state index in [1.807, 2.05) is 35.2 Å². The Bertz CT molecular complexity index is 911. The van der Waals surface area contributed by atoms with Crippen molar-refractivity contribution in [2.24, 2.45) is 0 Å². The van der Waals surface area contributed by atoms with Crippen LogP contribution in [0.15, 0.2) is 54.6 Å². The minimum absolute atomic E-state index is 0.0184. The van der Waals surface area contributed by atoms with E-state index >= 15 is 0 Å². The monoisotopic (exact) mass is 436 g/mol. The molecular formula is C25H32N4O3. The normalized spacial score (nSPS) is 19.7. The molecule has 32 heavy (non-hydrogen) atoms. The third kappa shape index (κ3) is 4.95. The maximum Gasteiger partial charge on any atom is 0.258 e. The maximum absolute atomic E-state index is 13.3. The van der Waals surface area contributed by atoms with Gasteiger partial charge in [0.25, 0.3) is 5.91 Å². The molecule has 2 amide bonds. The van der Waals surface area contributed by atoms with E-state index in [4.69, 9.17) is 4.74 Å². The molecule has 2 aromatic rings. The van der Waals surface area contributed by atoms with Gasteiger partial charge in [0, 0.05) is 37.4 Å². The van der Waals surface area contributed by atoms with Crippen molar-refractivity contribution in [1.82, 2.24) is 14.7 Å². The summed E-state index contributed by atoms with van der Waals surface area (Å²) in [5, 5.41) is 0. The SMILES string of the molecule is COc1ccc(C(=O)N(CC(=O)N2CCN(C3CCCN3C)CC2)c2ccccc2)cc1. The highest BCUT2D eigenvalue weighted by Gasteiger charge is 2.32. The Morgan fingerprint density at radius 1 is 0.969 bits per heavy atom. The Morgan fingerprint density at radius 3 is 2.25 bits per heavy atom. The summed E-state index contributed by atoms with van der Waals surface area (Å²) >= 11 is 0. The van der Waals surface area contributed by atoms with Crippen molar-refractivity contribution >= 4 is 17.5 Å². The van der Waals surface area contributed by atoms with Crippen molar-refractivity contribution in [2.45, 2.75) is 19.0 Å². The molecule has 2 aliphatic heterocycles. The number of ether oxygens (including phenoxy) is 1. The predicted molar refractivity (Wildman–Crippen MR) is 125 cm³/mol. The summed E-state index contributed by atoms with van der Waals surface area (Å²) in [5.41, 5.74) is 1.24. The van der Waals surface area contributed by atoms with Gasteiger partial charge in [-0.3, -0.25) is 24.3 Å². The van der Waals surface area contributed by atoms with Gasteiger partial charge in [0.1, 0.15) is 12.3 Å². The van der Waals surface area contributed by atoms with Crippen LogP contribution in [0, 0.1) is 0 Å². The number of para-hydroxylation sites is 1. The van der Waals surface area contributed by atoms with Crippen molar-refractivity contribution in [3.8, 4) is 5.75 Å². The molecule has 2 saturated heterocycles. The van der Waals surface area contributed by atoms with E-state index in [1.54, 1.807) is 36.3 Å². The molecule has 0 saturated carbocycles. The lowest BCUT2D eigenvalue weighted by Gasteiger charge is -2.40. The number of likely N-dealkylation sites (tertiary alicyclic amines) is 1. The molecular weight excluding hydrogens is 404 g/mol. The van der Waals surface area contributed by atoms with Crippen LogP contribution < -0.4 is 9.64 Å². The molecule has 7 heteroatoms. The van der Waals surface area contributed by atoms with Gasteiger partial charge in [-0.1, -0.05) is 18.2 Å². The Kier molecular flexibility index (Phi) is 7.07. The first-order valence-corrected chi connectivity index (χ1v) is 11.3. The highest BCUT2D eigenvalue weighted by molar-refractivity contribution is 6.08. The summed E-state index contributed by atoms with van der Waals surface area (Å²) in [5.74, 6) is 0.475. The second-order valence-corrected chi connectivity index (χ2v) is 8.48. The number of carbonyl (C=O) groups is 2. The van der Waals surface area contributed by atoms with Gasteiger partial charge in [0.05, 0.1) is 13.3 Å². The molecule has 0 aromatic heterocycles. The zero-order valence-electron chi connectivity index (χ0n) is 18.9. The van der Waals surface area contributed by atoms with Crippen LogP contribution >= 0.6 is 0 Å². The molecule has 0 radical (unpaired) electrons. The van der Waals surface area contributed by atoms with Gasteiger partial charge in [-0.15, -0.1) is 0 Å². The highest BCUT2D eigenvalue weighted by atomic mass is 16.5. The van der Waals surface area contributed by atoms with Gasteiger partial charge in [-0.05, 0) is 62.8 Å². The van der Waals surface area contributed by atoms with Crippen molar-refractivity contribution in [3.63, 3.8) is 0 Å². The number of anilines is 1. The number of carbonyl (C=O) groups excluding carboxylic acids is 2. The first kappa shape index (κ1) is 22.3. The topological polar surface area (TPSA) is 56.3 Å². The third-order valence-electron chi connectivity index (χ3n) is 6.51. The van der Waals surface area contributed by atoms with Gasteiger partial charge < -0.3 is 9.64 Å². The molecule has 2 aromatic carbocycles. The molecule has 0 N–H and O–H groups in total. The number of piperazine rings is 1. The fourth-order valence-corrected chi connectivity index (χ4v) is 4.64. The lowest BCUT2D eigenvalue weighted by molar-refractivity contribution is -0.132. The summed E-state index contributed by atoms with van der Waals surface area (Å²) in [6.45, 7) is 4.31. The number of rotatable bonds is 6. The number of nitrogens with zero attached hydrogens (tertiary/aromatic N) is 4. The van der Waals surface area contributed by atoms with Gasteiger partial charge in [0.2, 0.25) is 5.91 Å². The molecule has 0 spiro atoms. The van der Waals surface area contributed by atoms with Crippen LogP contribution in [0.1, 0.15) is 23.2 Å². The zero-order chi connectivity index (χ0) is 22.5. The molecule has 2 heterocycles. The molecule has 2 fully saturated rings. The summed E-state index contributed by atoms with van der Waals surface area (Å²) < 4.78 is 5.20. The maximum atomic E-state index is 13.3. The van der Waals surface area contributed by atoms with E-state index in [-0.39, 0.29) is 18.4 Å². The van der Waals surface area contributed by atoms with Gasteiger partial charge in [-0.25, -0.2) is 0 Å². The van der Waals surface area contributed by atoms with Crippen molar-refractivity contribution in [3.05, 3.63) is 60.2 Å². The molecule has 1 atom stereocenters. The summed E-state index contributed by atoms with van der Waals surface area (Å²) in [4.78, 5) is 34.9. The third-order valence-corrected chi connectivity index (χ3v) is 6.51. The average Bonchev–Trinajstić information content (AvgIpc) is 3.28. The number of hydrogen-bond donors (Lipinski definition) is 0. The Labute approximate surface area is 190 Å². The molecule has 7 nitrogen and oxygen atoms in total. The van der Waals surface area contributed by atoms with E-state index in [0.717, 1.165) is 19.6 Å². The summed E-state index contributed by atoms with van der Waals surface area (Å²) in [6.07, 6.45) is 2.92. The number of methoxy groups -OCH3 is 1. The highest BCUT2D eigenvalue weighted by Crippen LogP contribution is 2.22. The van der Waals surface area contributed by atoms with Crippen molar-refractivity contribution < 1.29 is 14.3 Å². The van der Waals surface area contributed by atoms with Crippen molar-refractivity contribution in [1.29, 1.82) is 0 Å². The van der Waals surface area contributed by atoms with Crippen LogP contribution in [0.5, 0.6) is 5.75 Å². The first-order chi connectivity index (χ1) is 15.6. The fraction of sp³-hybridized carbons (Fsp3) is 0.440. The average molecular weight is 437 g/mol. The van der Waals surface area contributed by atoms with E-state index in [0.29, 0.717) is 36.3 Å². The minimum Gasteiger partial charge on any atom is -0.497 e. The lowest BCUT2D eigenvalue weighted by atomic mass is 10.1. The number of hydrogen-bond acceptors (Lipinski definition) is 5. The minimum atomic E-state index is -0.196. The molecule has 1 unspecified atom stereocenters. The summed E-state index contributed by atoms with van der Waals surface area (Å²) in [7, 11) is 3.77. The standard InChI is InChI=1S/C25H32N4O3/c1-26-14-6-9-23(26)27-15-17-28(18-16-27)24(30)19-29(21-7-4-3-5-8-21)25(31)20-10-12-22(32-2)13-11-20/h3-5,7-8,10-13,23H,6,9,14-19H2,1-2H3. The number of benzene rings is 2. The molecule has 0 bridgehead atoms. The van der Waals surface area contributed by atoms with Crippen LogP contribution in [0.25, 0.3) is 0 Å². The van der Waals surface area contributed by atoms with Crippen LogP contribution in [0.4, 0.5) is 5.69 Å². The lowest BCUT2D eigenvalue weighted by Crippen LogP contribution is -2.56. The fourth-order valence-electron chi connectivity index (χ4n) is 4.64. The predicted octanol–water partition coefficient (Wildman–Crippen LogP) is 2.54. The zero-order valence-corrected chi connectivity index (χ0v) is 18.9. The van der Waals surface area contributed by atoms with E-state index in [2.05, 4.69) is 16.8 Å². The smallest absolute Gasteiger partial charge is 0.258 e. The Morgan fingerprint density at radius 2 is 1.66 bits per heavy atom. The van der Waals surface area contributed by atoms with Crippen LogP contribution in [0.2, 0.25) is 0 Å². The van der Waals surface area contributed by atoms with Crippen LogP contribution in [0.3, 0.4) is 0 Å². The van der Waals surface area contributed by atoms with Gasteiger partial charge in [-0.2, -0.15) is 0 Å². The van der Waals surface area contributed by atoms with Crippen LogP contribution in [-0.4, -0.2) is 86.1 Å². The molecule has 0 aliphatic carbocycles. The van der Waals surface area contributed by atoms with Crippen molar-refractivity contribution in [2.75, 3.05) is 58.3 Å². The molecule has 170 valence electrons. The van der Waals surface area contributed by atoms with Gasteiger partial charge >= 0.3 is 0 Å². The summed E-state index contributed by atoms with van der Waals surface area (Å²) in [6, 6.07) is 16.4. The van der Waals surface area contributed by atoms with Crippen LogP contribution in [-0.2, 0) is 4.79 Å². The van der Waals surface area contributed by atoms with E-state index < -0.39 is 0 Å². The molecule has 2 aliphatic rings. The first-order valence-electron chi connectivity index (χ1n) is 11.3. The Balaban J connectivity index is 1.44. The second-order valence-electron chi connectivity index (χ2n) is 8.48. The number of amides is 2. The Hall–Kier alpha value is -2.90. The van der Waals surface area contributed by atoms with E-state index in [9.17, 15) is 9.59 Å². The van der Waals surface area contributed by atoms with E-state index in [1.165, 1.54) is 12.8 Å².